The van der Waals surface area contributed by atoms with Crippen LogP contribution in [0.5, 0.6) is 5.88 Å². The predicted octanol–water partition coefficient (Wildman–Crippen LogP) is 1.56. The van der Waals surface area contributed by atoms with Crippen molar-refractivity contribution in [3.63, 3.8) is 0 Å². The van der Waals surface area contributed by atoms with Gasteiger partial charge in [-0.05, 0) is 24.6 Å². The van der Waals surface area contributed by atoms with Gasteiger partial charge in [-0.2, -0.15) is 20.0 Å². The predicted molar refractivity (Wildman–Crippen MR) is 106 cm³/mol. The van der Waals surface area contributed by atoms with E-state index in [1.54, 1.807) is 37.3 Å². The molecule has 3 rings (SSSR count). The number of methoxy groups -OCH3 is 1. The number of benzene rings is 1. The van der Waals surface area contributed by atoms with E-state index in [2.05, 4.69) is 20.6 Å². The number of nitrogens with two attached hydrogens (primary N) is 1. The van der Waals surface area contributed by atoms with E-state index >= 15 is 0 Å². The van der Waals surface area contributed by atoms with E-state index in [-0.39, 0.29) is 23.2 Å². The molecule has 0 unspecified atom stereocenters. The molecule has 0 aliphatic carbocycles. The van der Waals surface area contributed by atoms with E-state index in [9.17, 15) is 15.3 Å². The molecule has 148 valence electrons. The van der Waals surface area contributed by atoms with Gasteiger partial charge in [0.15, 0.2) is 17.6 Å². The van der Waals surface area contributed by atoms with E-state index in [0.717, 1.165) is 4.73 Å². The zero-order valence-corrected chi connectivity index (χ0v) is 15.8. The number of anilines is 3. The van der Waals surface area contributed by atoms with Crippen molar-refractivity contribution in [3.8, 4) is 11.9 Å². The molecule has 0 aliphatic heterocycles. The topological polar surface area (TPSA) is 153 Å². The number of rotatable bonds is 7. The first-order chi connectivity index (χ1) is 14.0. The quantitative estimate of drug-likeness (QED) is 0.404. The Kier molecular flexibility index (Phi) is 5.59. The summed E-state index contributed by atoms with van der Waals surface area (Å²) < 4.78 is 5.97. The van der Waals surface area contributed by atoms with E-state index in [1.165, 1.54) is 13.3 Å². The van der Waals surface area contributed by atoms with Crippen LogP contribution >= 0.6 is 0 Å². The molecule has 0 aliphatic rings. The average molecular weight is 393 g/mol. The lowest BCUT2D eigenvalue weighted by Gasteiger charge is -2.16. The molecular formula is C19H19N7O3. The third kappa shape index (κ3) is 4.08. The number of hydrogen-bond acceptors (Lipinski definition) is 8. The van der Waals surface area contributed by atoms with Gasteiger partial charge in [0.25, 0.3) is 0 Å². The number of aromatic nitrogens is 3. The lowest BCUT2D eigenvalue weighted by molar-refractivity contribution is -0.577. The number of hydrogen-bond donors (Lipinski definition) is 3. The third-order valence-electron chi connectivity index (χ3n) is 4.26. The Morgan fingerprint density at radius 1 is 1.41 bits per heavy atom. The average Bonchev–Trinajstić information content (AvgIpc) is 2.71. The van der Waals surface area contributed by atoms with Crippen LogP contribution < -0.4 is 25.8 Å². The first kappa shape index (κ1) is 19.6. The second-order valence-corrected chi connectivity index (χ2v) is 6.13. The maximum absolute atomic E-state index is 11.8. The number of carbonyl (C=O) groups excluding carboxylic acids is 1. The minimum Gasteiger partial charge on any atom is -0.618 e. The number of nitrogens with zero attached hydrogens (tertiary/aromatic N) is 4. The van der Waals surface area contributed by atoms with Crippen molar-refractivity contribution in [2.75, 3.05) is 17.7 Å². The summed E-state index contributed by atoms with van der Waals surface area (Å²) in [6, 6.07) is 9.89. The number of carbonyl (C=O) groups is 1. The molecule has 29 heavy (non-hydrogen) atoms. The monoisotopic (exact) mass is 393 g/mol. The second-order valence-electron chi connectivity index (χ2n) is 6.13. The van der Waals surface area contributed by atoms with Crippen LogP contribution in [-0.4, -0.2) is 29.0 Å². The molecule has 10 nitrogen and oxygen atoms in total. The fraction of sp³-hybridized carbons (Fsp3) is 0.211. The van der Waals surface area contributed by atoms with Crippen molar-refractivity contribution in [1.82, 2.24) is 9.97 Å². The highest BCUT2D eigenvalue weighted by Crippen LogP contribution is 2.28. The van der Waals surface area contributed by atoms with Crippen LogP contribution in [0.1, 0.15) is 18.9 Å². The Balaban J connectivity index is 2.02. The fourth-order valence-electron chi connectivity index (χ4n) is 2.78. The molecule has 0 saturated heterocycles. The van der Waals surface area contributed by atoms with Gasteiger partial charge in [0, 0.05) is 23.2 Å². The van der Waals surface area contributed by atoms with Crippen molar-refractivity contribution >= 4 is 34.3 Å². The van der Waals surface area contributed by atoms with E-state index in [4.69, 9.17) is 10.5 Å². The van der Waals surface area contributed by atoms with Crippen molar-refractivity contribution in [3.05, 3.63) is 47.3 Å². The number of ether oxygens (including phenoxy) is 1. The summed E-state index contributed by atoms with van der Waals surface area (Å²) in [5.41, 5.74) is 6.57. The smallest absolute Gasteiger partial charge is 0.239 e. The molecular weight excluding hydrogens is 374 g/mol. The molecule has 1 amide bonds. The van der Waals surface area contributed by atoms with Crippen molar-refractivity contribution < 1.29 is 14.3 Å². The molecule has 2 aromatic heterocycles. The summed E-state index contributed by atoms with van der Waals surface area (Å²) in [4.78, 5) is 20.0. The number of nitrogens with one attached hydrogen (secondary N) is 2. The van der Waals surface area contributed by atoms with Crippen LogP contribution in [0, 0.1) is 16.5 Å². The van der Waals surface area contributed by atoms with Crippen LogP contribution in [-0.2, 0) is 4.79 Å². The van der Waals surface area contributed by atoms with Crippen LogP contribution in [0.25, 0.3) is 10.9 Å². The zero-order valence-electron chi connectivity index (χ0n) is 15.8. The van der Waals surface area contributed by atoms with E-state index < -0.39 is 11.9 Å². The normalized spacial score (nSPS) is 11.5. The molecule has 4 N–H and O–H groups in total. The Labute approximate surface area is 166 Å². The third-order valence-corrected chi connectivity index (χ3v) is 4.26. The first-order valence-corrected chi connectivity index (χ1v) is 8.77. The maximum Gasteiger partial charge on any atom is 0.239 e. The van der Waals surface area contributed by atoms with Crippen LogP contribution in [0.4, 0.5) is 17.5 Å². The van der Waals surface area contributed by atoms with Crippen LogP contribution in [0.2, 0.25) is 0 Å². The second kappa shape index (κ2) is 8.26. The summed E-state index contributed by atoms with van der Waals surface area (Å²) in [5, 5.41) is 28.0. The highest BCUT2D eigenvalue weighted by molar-refractivity contribution is 5.83. The van der Waals surface area contributed by atoms with E-state index in [1.807, 2.05) is 6.07 Å². The van der Waals surface area contributed by atoms with Crippen LogP contribution in [0.15, 0.2) is 36.5 Å². The molecule has 0 bridgehead atoms. The number of amides is 1. The minimum atomic E-state index is -0.673. The van der Waals surface area contributed by atoms with E-state index in [0.29, 0.717) is 23.0 Å². The van der Waals surface area contributed by atoms with Crippen molar-refractivity contribution in [2.24, 2.45) is 5.73 Å². The van der Waals surface area contributed by atoms with Gasteiger partial charge in [0.2, 0.25) is 23.3 Å². The van der Waals surface area contributed by atoms with Gasteiger partial charge in [-0.1, -0.05) is 6.92 Å². The van der Waals surface area contributed by atoms with Gasteiger partial charge in [-0.15, -0.1) is 0 Å². The summed E-state index contributed by atoms with van der Waals surface area (Å²) in [5.74, 6) is -0.224. The van der Waals surface area contributed by atoms with Gasteiger partial charge in [-0.25, -0.2) is 0 Å². The molecule has 0 radical (unpaired) electrons. The molecule has 1 atom stereocenters. The van der Waals surface area contributed by atoms with Gasteiger partial charge in [-0.3, -0.25) is 4.79 Å². The summed E-state index contributed by atoms with van der Waals surface area (Å²) in [6.07, 6.45) is 1.85. The number of nitriles is 1. The SMILES string of the molecule is CC[C@@H](Nc1nc(Nc2ccc3c(ccc[n+]3[O-])c2)c(C#N)c(OC)n1)C(N)=O. The molecule has 0 fully saturated rings. The molecule has 1 aromatic carbocycles. The van der Waals surface area contributed by atoms with Crippen molar-refractivity contribution in [2.45, 2.75) is 19.4 Å². The van der Waals surface area contributed by atoms with Crippen LogP contribution in [0.3, 0.4) is 0 Å². The molecule has 0 spiro atoms. The number of fused-ring (bicyclic) bond motifs is 1. The molecule has 3 aromatic rings. The van der Waals surface area contributed by atoms with Gasteiger partial charge in [0.1, 0.15) is 12.1 Å². The maximum atomic E-state index is 11.8. The van der Waals surface area contributed by atoms with Gasteiger partial charge in [0.05, 0.1) is 7.11 Å². The number of primary amides is 1. The Morgan fingerprint density at radius 2 is 2.21 bits per heavy atom. The Hall–Kier alpha value is -4.13. The van der Waals surface area contributed by atoms with Crippen molar-refractivity contribution in [1.29, 1.82) is 5.26 Å². The molecule has 0 saturated carbocycles. The minimum absolute atomic E-state index is 0.0463. The number of pyridine rings is 1. The summed E-state index contributed by atoms with van der Waals surface area (Å²) >= 11 is 0. The summed E-state index contributed by atoms with van der Waals surface area (Å²) in [6.45, 7) is 1.79. The lowest BCUT2D eigenvalue weighted by Crippen LogP contribution is -2.35. The highest BCUT2D eigenvalue weighted by Gasteiger charge is 2.19. The highest BCUT2D eigenvalue weighted by atomic mass is 16.5. The molecule has 10 heteroatoms. The standard InChI is InChI=1S/C19H19N7O3/c1-3-14(16(21)27)23-19-24-17(13(10-20)18(25-19)29-2)22-12-6-7-15-11(9-12)5-4-8-26(15)28/h4-9,14H,3H2,1-2H3,(H2,21,27)(H2,22,23,24,25)/t14-/m1/s1. The lowest BCUT2D eigenvalue weighted by atomic mass is 10.2. The zero-order chi connectivity index (χ0) is 21.0. The molecule has 2 heterocycles. The van der Waals surface area contributed by atoms with Gasteiger partial charge >= 0.3 is 0 Å². The van der Waals surface area contributed by atoms with Gasteiger partial charge < -0.3 is 26.3 Å². The largest absolute Gasteiger partial charge is 0.618 e. The summed E-state index contributed by atoms with van der Waals surface area (Å²) in [7, 11) is 1.38. The fourth-order valence-corrected chi connectivity index (χ4v) is 2.78. The Bertz CT molecular complexity index is 1110. The first-order valence-electron chi connectivity index (χ1n) is 8.77. The Morgan fingerprint density at radius 3 is 2.86 bits per heavy atom.